The lowest BCUT2D eigenvalue weighted by molar-refractivity contribution is 0.649. The van der Waals surface area contributed by atoms with E-state index in [1.54, 1.807) is 0 Å². The van der Waals surface area contributed by atoms with Crippen molar-refractivity contribution < 1.29 is 0 Å². The fourth-order valence-electron chi connectivity index (χ4n) is 1.47. The van der Waals surface area contributed by atoms with Crippen LogP contribution in [0.4, 0.5) is 0 Å². The smallest absolute Gasteiger partial charge is 0.0205 e. The van der Waals surface area contributed by atoms with E-state index in [0.29, 0.717) is 0 Å². The summed E-state index contributed by atoms with van der Waals surface area (Å²) in [6.07, 6.45) is 13.4. The molecule has 0 aromatic heterocycles. The van der Waals surface area contributed by atoms with E-state index >= 15 is 0 Å². The van der Waals surface area contributed by atoms with Gasteiger partial charge in [0.15, 0.2) is 0 Å². The predicted octanol–water partition coefficient (Wildman–Crippen LogP) is 3.68. The van der Waals surface area contributed by atoms with E-state index in [-0.39, 0.29) is 7.43 Å². The minimum Gasteiger partial charge on any atom is -0.316 e. The Hall–Kier alpha value is -0.860. The lowest BCUT2D eigenvalue weighted by Gasteiger charge is -2.06. The highest BCUT2D eigenvalue weighted by molar-refractivity contribution is 5.26. The second-order valence-electron chi connectivity index (χ2n) is 3.68. The molecule has 0 radical (unpaired) electrons. The van der Waals surface area contributed by atoms with Crippen LogP contribution >= 0.6 is 0 Å². The van der Waals surface area contributed by atoms with Crippen LogP contribution in [0.2, 0.25) is 0 Å². The van der Waals surface area contributed by atoms with E-state index in [1.807, 2.05) is 13.8 Å². The van der Waals surface area contributed by atoms with Gasteiger partial charge in [-0.2, -0.15) is 0 Å². The molecule has 18 heavy (non-hydrogen) atoms. The number of hydrogen-bond donors (Lipinski definition) is 2. The zero-order chi connectivity index (χ0) is 12.8. The molecule has 2 N–H and O–H groups in total. The van der Waals surface area contributed by atoms with Crippen LogP contribution in [0.1, 0.15) is 41.0 Å². The van der Waals surface area contributed by atoms with Gasteiger partial charge in [0, 0.05) is 19.6 Å². The molecule has 0 aliphatic heterocycles. The third kappa shape index (κ3) is 11.6. The number of nitrogens with one attached hydrogen (secondary N) is 2. The quantitative estimate of drug-likeness (QED) is 0.705. The minimum absolute atomic E-state index is 0. The van der Waals surface area contributed by atoms with Crippen LogP contribution in [-0.2, 0) is 0 Å². The van der Waals surface area contributed by atoms with Gasteiger partial charge < -0.3 is 10.6 Å². The van der Waals surface area contributed by atoms with Crippen molar-refractivity contribution in [3.8, 4) is 0 Å². The Kier molecular flexibility index (Phi) is 17.5. The van der Waals surface area contributed by atoms with Gasteiger partial charge in [-0.1, -0.05) is 58.6 Å². The lowest BCUT2D eigenvalue weighted by atomic mass is 10.1. The van der Waals surface area contributed by atoms with Gasteiger partial charge in [-0.3, -0.25) is 0 Å². The van der Waals surface area contributed by atoms with E-state index in [1.165, 1.54) is 5.57 Å². The predicted molar refractivity (Wildman–Crippen MR) is 85.1 cm³/mol. The zero-order valence-electron chi connectivity index (χ0n) is 11.6. The molecule has 0 aromatic rings. The minimum atomic E-state index is 0. The summed E-state index contributed by atoms with van der Waals surface area (Å²) in [5.74, 6) is 0. The Bertz CT molecular complexity index is 239. The van der Waals surface area contributed by atoms with Gasteiger partial charge in [-0.15, -0.1) is 0 Å². The molecule has 2 heteroatoms. The molecule has 0 saturated carbocycles. The first kappa shape index (κ1) is 19.5. The summed E-state index contributed by atoms with van der Waals surface area (Å²) in [7, 11) is 0. The average molecular weight is 252 g/mol. The van der Waals surface area contributed by atoms with Crippen LogP contribution in [0.25, 0.3) is 0 Å². The van der Waals surface area contributed by atoms with Crippen LogP contribution < -0.4 is 10.6 Å². The zero-order valence-corrected chi connectivity index (χ0v) is 11.6. The summed E-state index contributed by atoms with van der Waals surface area (Å²) in [6, 6.07) is 0. The summed E-state index contributed by atoms with van der Waals surface area (Å²) in [6.45, 7) is 10.2. The summed E-state index contributed by atoms with van der Waals surface area (Å²) in [5.41, 5.74) is 1.36. The van der Waals surface area contributed by atoms with E-state index in [9.17, 15) is 0 Å². The molecule has 0 saturated heterocycles. The summed E-state index contributed by atoms with van der Waals surface area (Å²) in [4.78, 5) is 0. The van der Waals surface area contributed by atoms with Crippen molar-refractivity contribution in [3.63, 3.8) is 0 Å². The molecule has 0 heterocycles. The van der Waals surface area contributed by atoms with Crippen molar-refractivity contribution in [2.24, 2.45) is 0 Å². The van der Waals surface area contributed by atoms with Crippen molar-refractivity contribution in [2.45, 2.75) is 41.0 Å². The van der Waals surface area contributed by atoms with E-state index < -0.39 is 0 Å². The highest BCUT2D eigenvalue weighted by Crippen LogP contribution is 2.04. The lowest BCUT2D eigenvalue weighted by Crippen LogP contribution is -2.28. The Morgan fingerprint density at radius 2 is 1.72 bits per heavy atom. The number of likely N-dealkylation sites (N-methyl/N-ethyl adjacent to an activating group) is 1. The van der Waals surface area contributed by atoms with E-state index in [4.69, 9.17) is 0 Å². The third-order valence-electron chi connectivity index (χ3n) is 2.34. The standard InChI is InChI=1S/C13H22N2.C2H6.CH4/c1-2-14-10-11-15-12-13-8-6-4-3-5-7-9-13;1-2;/h4,6-9,14-15H,2-3,5,10-12H2,1H3;1-2H3;1H4/b6-4-,9-7-,13-8+;;. The van der Waals surface area contributed by atoms with Gasteiger partial charge >= 0.3 is 0 Å². The first-order chi connectivity index (χ1) is 8.43. The van der Waals surface area contributed by atoms with Crippen LogP contribution in [0.3, 0.4) is 0 Å². The summed E-state index contributed by atoms with van der Waals surface area (Å²) in [5, 5.41) is 6.72. The molecule has 0 fully saturated rings. The number of hydrogen-bond acceptors (Lipinski definition) is 2. The second-order valence-corrected chi connectivity index (χ2v) is 3.68. The SMILES string of the molecule is C.CC.CCNCCNCC1=C/C=C\CC/C=C\1. The molecule has 0 atom stereocenters. The van der Waals surface area contributed by atoms with Crippen molar-refractivity contribution in [1.82, 2.24) is 10.6 Å². The maximum atomic E-state index is 3.42. The van der Waals surface area contributed by atoms with Crippen LogP contribution in [-0.4, -0.2) is 26.2 Å². The highest BCUT2D eigenvalue weighted by Gasteiger charge is 1.92. The molecule has 0 amide bonds. The first-order valence-corrected chi connectivity index (χ1v) is 6.87. The monoisotopic (exact) mass is 252 g/mol. The van der Waals surface area contributed by atoms with Crippen molar-refractivity contribution in [2.75, 3.05) is 26.2 Å². The summed E-state index contributed by atoms with van der Waals surface area (Å²) < 4.78 is 0. The molecule has 0 aromatic carbocycles. The maximum absolute atomic E-state index is 3.42. The molecular weight excluding hydrogens is 220 g/mol. The maximum Gasteiger partial charge on any atom is 0.0205 e. The third-order valence-corrected chi connectivity index (χ3v) is 2.34. The molecule has 0 spiro atoms. The molecule has 106 valence electrons. The Balaban J connectivity index is 0. The number of allylic oxidation sites excluding steroid dienone is 4. The van der Waals surface area contributed by atoms with Crippen LogP contribution in [0.5, 0.6) is 0 Å². The second kappa shape index (κ2) is 16.1. The molecule has 1 aliphatic rings. The molecule has 1 aliphatic carbocycles. The fraction of sp³-hybridized carbons (Fsp3) is 0.625. The topological polar surface area (TPSA) is 24.1 Å². The van der Waals surface area contributed by atoms with Crippen molar-refractivity contribution in [1.29, 1.82) is 0 Å². The van der Waals surface area contributed by atoms with Gasteiger partial charge in [0.2, 0.25) is 0 Å². The molecule has 1 rings (SSSR count). The van der Waals surface area contributed by atoms with Crippen LogP contribution in [0, 0.1) is 0 Å². The van der Waals surface area contributed by atoms with E-state index in [2.05, 4.69) is 47.9 Å². The first-order valence-electron chi connectivity index (χ1n) is 6.87. The van der Waals surface area contributed by atoms with Gasteiger partial charge in [-0.05, 0) is 25.0 Å². The van der Waals surface area contributed by atoms with Gasteiger partial charge in [-0.25, -0.2) is 0 Å². The Labute approximate surface area is 114 Å². The van der Waals surface area contributed by atoms with E-state index in [0.717, 1.165) is 39.0 Å². The Morgan fingerprint density at radius 3 is 2.44 bits per heavy atom. The normalized spacial score (nSPS) is 20.1. The highest BCUT2D eigenvalue weighted by atomic mass is 14.9. The van der Waals surface area contributed by atoms with Gasteiger partial charge in [0.05, 0.1) is 0 Å². The number of rotatable bonds is 6. The van der Waals surface area contributed by atoms with Crippen molar-refractivity contribution >= 4 is 0 Å². The van der Waals surface area contributed by atoms with Gasteiger partial charge in [0.25, 0.3) is 0 Å². The molecular formula is C16H32N2. The molecule has 0 unspecified atom stereocenters. The average Bonchev–Trinajstić information content (AvgIpc) is 2.33. The summed E-state index contributed by atoms with van der Waals surface area (Å²) >= 11 is 0. The molecule has 0 bridgehead atoms. The molecule has 2 nitrogen and oxygen atoms in total. The fourth-order valence-corrected chi connectivity index (χ4v) is 1.47. The largest absolute Gasteiger partial charge is 0.316 e. The van der Waals surface area contributed by atoms with Gasteiger partial charge in [0.1, 0.15) is 0 Å². The Morgan fingerprint density at radius 1 is 1.06 bits per heavy atom. The van der Waals surface area contributed by atoms with Crippen LogP contribution in [0.15, 0.2) is 36.0 Å². The van der Waals surface area contributed by atoms with Crippen molar-refractivity contribution in [3.05, 3.63) is 36.0 Å².